The van der Waals surface area contributed by atoms with E-state index in [-0.39, 0.29) is 5.75 Å². The number of hydrogen-bond donors (Lipinski definition) is 1. The molecule has 0 radical (unpaired) electrons. The van der Waals surface area contributed by atoms with Gasteiger partial charge in [-0.25, -0.2) is 13.1 Å². The molecule has 0 atom stereocenters. The second-order valence-electron chi connectivity index (χ2n) is 2.75. The molecule has 3 nitrogen and oxygen atoms in total. The number of sulfonamides is 1. The van der Waals surface area contributed by atoms with Crippen molar-refractivity contribution in [3.8, 4) is 0 Å². The molecule has 0 unspecified atom stereocenters. The van der Waals surface area contributed by atoms with E-state index in [1.807, 2.05) is 12.1 Å². The Labute approximate surface area is 93.1 Å². The van der Waals surface area contributed by atoms with Gasteiger partial charge in [0.15, 0.2) is 0 Å². The predicted octanol–water partition coefficient (Wildman–Crippen LogP) is 1.88. The second kappa shape index (κ2) is 5.11. The van der Waals surface area contributed by atoms with Gasteiger partial charge in [-0.3, -0.25) is 0 Å². The summed E-state index contributed by atoms with van der Waals surface area (Å²) in [4.78, 5) is 1.09. The van der Waals surface area contributed by atoms with E-state index in [4.69, 9.17) is 11.6 Å². The normalized spacial score (nSPS) is 11.9. The lowest BCUT2D eigenvalue weighted by molar-refractivity contribution is 0.583. The lowest BCUT2D eigenvalue weighted by atomic mass is 10.3. The van der Waals surface area contributed by atoms with E-state index in [0.29, 0.717) is 13.0 Å². The van der Waals surface area contributed by atoms with Crippen molar-refractivity contribution < 1.29 is 8.42 Å². The largest absolute Gasteiger partial charge is 0.215 e. The molecule has 0 saturated heterocycles. The van der Waals surface area contributed by atoms with Crippen LogP contribution in [0.25, 0.3) is 0 Å². The Bertz CT molecular complexity index is 386. The summed E-state index contributed by atoms with van der Waals surface area (Å²) in [7, 11) is -3.06. The van der Waals surface area contributed by atoms with E-state index in [1.54, 1.807) is 6.92 Å². The molecule has 80 valence electrons. The van der Waals surface area contributed by atoms with Crippen LogP contribution < -0.4 is 4.72 Å². The molecular formula is C8H12ClNO2S2. The smallest absolute Gasteiger partial charge is 0.211 e. The molecule has 0 fully saturated rings. The second-order valence-corrected chi connectivity index (χ2v) is 6.65. The van der Waals surface area contributed by atoms with E-state index in [0.717, 1.165) is 9.21 Å². The van der Waals surface area contributed by atoms with Crippen molar-refractivity contribution in [2.75, 3.05) is 12.3 Å². The molecule has 0 aliphatic rings. The zero-order chi connectivity index (χ0) is 10.6. The van der Waals surface area contributed by atoms with Crippen molar-refractivity contribution >= 4 is 33.0 Å². The van der Waals surface area contributed by atoms with Crippen LogP contribution in [0.2, 0.25) is 4.34 Å². The zero-order valence-corrected chi connectivity index (χ0v) is 10.2. The third-order valence-electron chi connectivity index (χ3n) is 1.70. The summed E-state index contributed by atoms with van der Waals surface area (Å²) in [6.45, 7) is 2.05. The highest BCUT2D eigenvalue weighted by Gasteiger charge is 2.05. The average Bonchev–Trinajstić information content (AvgIpc) is 2.51. The highest BCUT2D eigenvalue weighted by Crippen LogP contribution is 2.21. The molecule has 1 aromatic rings. The fourth-order valence-corrected chi connectivity index (χ4v) is 2.62. The minimum Gasteiger partial charge on any atom is -0.215 e. The van der Waals surface area contributed by atoms with Crippen LogP contribution in [-0.2, 0) is 16.4 Å². The molecule has 1 heterocycles. The summed E-state index contributed by atoms with van der Waals surface area (Å²) in [5.41, 5.74) is 0. The molecule has 0 aliphatic heterocycles. The van der Waals surface area contributed by atoms with E-state index < -0.39 is 10.0 Å². The number of halogens is 1. The zero-order valence-electron chi connectivity index (χ0n) is 7.79. The number of nitrogens with one attached hydrogen (secondary N) is 1. The van der Waals surface area contributed by atoms with Crippen molar-refractivity contribution in [2.45, 2.75) is 13.3 Å². The first kappa shape index (κ1) is 12.0. The minimum absolute atomic E-state index is 0.123. The number of rotatable bonds is 5. The van der Waals surface area contributed by atoms with Crippen molar-refractivity contribution in [3.05, 3.63) is 21.3 Å². The van der Waals surface area contributed by atoms with Gasteiger partial charge < -0.3 is 0 Å². The van der Waals surface area contributed by atoms with Gasteiger partial charge >= 0.3 is 0 Å². The quantitative estimate of drug-likeness (QED) is 0.871. The third kappa shape index (κ3) is 3.96. The monoisotopic (exact) mass is 253 g/mol. The molecule has 0 bridgehead atoms. The molecule has 1 aromatic heterocycles. The van der Waals surface area contributed by atoms with Crippen LogP contribution in [0.3, 0.4) is 0 Å². The highest BCUT2D eigenvalue weighted by molar-refractivity contribution is 7.89. The fourth-order valence-electron chi connectivity index (χ4n) is 0.918. The Morgan fingerprint density at radius 2 is 2.21 bits per heavy atom. The summed E-state index contributed by atoms with van der Waals surface area (Å²) in [5, 5.41) is 0. The summed E-state index contributed by atoms with van der Waals surface area (Å²) < 4.78 is 25.4. The topological polar surface area (TPSA) is 46.2 Å². The number of thiophene rings is 1. The lowest BCUT2D eigenvalue weighted by Crippen LogP contribution is -2.27. The van der Waals surface area contributed by atoms with E-state index >= 15 is 0 Å². The van der Waals surface area contributed by atoms with Crippen LogP contribution in [0.5, 0.6) is 0 Å². The third-order valence-corrected chi connectivity index (χ3v) is 4.40. The first-order chi connectivity index (χ1) is 6.53. The lowest BCUT2D eigenvalue weighted by Gasteiger charge is -2.02. The SMILES string of the molecule is CCS(=O)(=O)NCCc1ccc(Cl)s1. The van der Waals surface area contributed by atoms with Crippen LogP contribution >= 0.6 is 22.9 Å². The van der Waals surface area contributed by atoms with Crippen molar-refractivity contribution in [2.24, 2.45) is 0 Å². The Hall–Kier alpha value is -0.100. The van der Waals surface area contributed by atoms with Gasteiger partial charge in [0.05, 0.1) is 10.1 Å². The molecule has 1 N–H and O–H groups in total. The summed E-state index contributed by atoms with van der Waals surface area (Å²) >= 11 is 7.21. The maximum atomic E-state index is 11.1. The van der Waals surface area contributed by atoms with Gasteiger partial charge in [0.1, 0.15) is 0 Å². The Balaban J connectivity index is 2.36. The fraction of sp³-hybridized carbons (Fsp3) is 0.500. The van der Waals surface area contributed by atoms with Crippen LogP contribution in [0.4, 0.5) is 0 Å². The van der Waals surface area contributed by atoms with Crippen molar-refractivity contribution in [1.82, 2.24) is 4.72 Å². The molecule has 0 aromatic carbocycles. The minimum atomic E-state index is -3.06. The van der Waals surface area contributed by atoms with Gasteiger partial charge in [0.25, 0.3) is 0 Å². The maximum absolute atomic E-state index is 11.1. The van der Waals surface area contributed by atoms with Crippen LogP contribution in [-0.4, -0.2) is 20.7 Å². The van der Waals surface area contributed by atoms with Gasteiger partial charge in [0, 0.05) is 11.4 Å². The number of hydrogen-bond acceptors (Lipinski definition) is 3. The molecule has 14 heavy (non-hydrogen) atoms. The summed E-state index contributed by atoms with van der Waals surface area (Å²) in [6, 6.07) is 3.73. The summed E-state index contributed by atoms with van der Waals surface area (Å²) in [6.07, 6.45) is 0.691. The molecule has 6 heteroatoms. The van der Waals surface area contributed by atoms with Crippen LogP contribution in [0.1, 0.15) is 11.8 Å². The van der Waals surface area contributed by atoms with Gasteiger partial charge in [0.2, 0.25) is 10.0 Å². The molecule has 1 rings (SSSR count). The predicted molar refractivity (Wildman–Crippen MR) is 60.5 cm³/mol. The first-order valence-electron chi connectivity index (χ1n) is 4.25. The van der Waals surface area contributed by atoms with Crippen molar-refractivity contribution in [3.63, 3.8) is 0 Å². The molecule has 0 spiro atoms. The van der Waals surface area contributed by atoms with Crippen molar-refractivity contribution in [1.29, 1.82) is 0 Å². The first-order valence-corrected chi connectivity index (χ1v) is 7.09. The standard InChI is InChI=1S/C8H12ClNO2S2/c1-2-14(11,12)10-6-5-7-3-4-8(9)13-7/h3-4,10H,2,5-6H2,1H3. The average molecular weight is 254 g/mol. The van der Waals surface area contributed by atoms with E-state index in [9.17, 15) is 8.42 Å². The molecule has 0 amide bonds. The summed E-state index contributed by atoms with van der Waals surface area (Å²) in [5.74, 6) is 0.123. The van der Waals surface area contributed by atoms with Gasteiger partial charge in [-0.15, -0.1) is 11.3 Å². The van der Waals surface area contributed by atoms with E-state index in [2.05, 4.69) is 4.72 Å². The van der Waals surface area contributed by atoms with E-state index in [1.165, 1.54) is 11.3 Å². The Kier molecular flexibility index (Phi) is 4.37. The molecule has 0 saturated carbocycles. The van der Waals surface area contributed by atoms with Crippen LogP contribution in [0.15, 0.2) is 12.1 Å². The van der Waals surface area contributed by atoms with Crippen LogP contribution in [0, 0.1) is 0 Å². The molecular weight excluding hydrogens is 242 g/mol. The molecule has 0 aliphatic carbocycles. The maximum Gasteiger partial charge on any atom is 0.211 e. The Morgan fingerprint density at radius 1 is 1.50 bits per heavy atom. The van der Waals surface area contributed by atoms with Gasteiger partial charge in [-0.05, 0) is 25.5 Å². The van der Waals surface area contributed by atoms with Gasteiger partial charge in [-0.2, -0.15) is 0 Å². The van der Waals surface area contributed by atoms with Gasteiger partial charge in [-0.1, -0.05) is 11.6 Å². The highest BCUT2D eigenvalue weighted by atomic mass is 35.5. The Morgan fingerprint density at radius 3 is 2.71 bits per heavy atom.